The highest BCUT2D eigenvalue weighted by molar-refractivity contribution is 5.93. The SMILES string of the molecule is NC1CN(C(C(=O)OC(c2ccccc2)c2ccccc2)c2ccc(OCc3ccccc3)cc2)C1=O. The summed E-state index contributed by atoms with van der Waals surface area (Å²) in [6.07, 6.45) is -0.615. The summed E-state index contributed by atoms with van der Waals surface area (Å²) in [7, 11) is 0. The first kappa shape index (κ1) is 24.3. The normalized spacial score (nSPS) is 15.7. The van der Waals surface area contributed by atoms with Crippen LogP contribution in [0.4, 0.5) is 0 Å². The molecular formula is C31H28N2O4. The second-order valence-corrected chi connectivity index (χ2v) is 8.98. The number of benzene rings is 4. The minimum absolute atomic E-state index is 0.276. The fraction of sp³-hybridized carbons (Fsp3) is 0.161. The second kappa shape index (κ2) is 11.1. The van der Waals surface area contributed by atoms with Crippen LogP contribution in [0.25, 0.3) is 0 Å². The van der Waals surface area contributed by atoms with Gasteiger partial charge in [-0.05, 0) is 34.4 Å². The van der Waals surface area contributed by atoms with E-state index < -0.39 is 24.2 Å². The number of rotatable bonds is 9. The summed E-state index contributed by atoms with van der Waals surface area (Å²) in [5, 5.41) is 0. The van der Waals surface area contributed by atoms with Crippen LogP contribution in [0.2, 0.25) is 0 Å². The van der Waals surface area contributed by atoms with Crippen molar-refractivity contribution >= 4 is 11.9 Å². The van der Waals surface area contributed by atoms with Gasteiger partial charge in [0.1, 0.15) is 18.4 Å². The summed E-state index contributed by atoms with van der Waals surface area (Å²) in [4.78, 5) is 27.8. The zero-order valence-corrected chi connectivity index (χ0v) is 20.3. The Hall–Kier alpha value is -4.42. The molecule has 6 heteroatoms. The lowest BCUT2D eigenvalue weighted by Crippen LogP contribution is -2.63. The van der Waals surface area contributed by atoms with Crippen LogP contribution < -0.4 is 10.5 Å². The number of carbonyl (C=O) groups is 2. The number of ether oxygens (including phenoxy) is 2. The molecule has 5 rings (SSSR count). The van der Waals surface area contributed by atoms with Crippen LogP contribution in [0.5, 0.6) is 5.75 Å². The zero-order valence-electron chi connectivity index (χ0n) is 20.3. The van der Waals surface area contributed by atoms with Gasteiger partial charge in [-0.2, -0.15) is 0 Å². The maximum atomic E-state index is 13.7. The summed E-state index contributed by atoms with van der Waals surface area (Å²) >= 11 is 0. The van der Waals surface area contributed by atoms with Gasteiger partial charge < -0.3 is 20.1 Å². The molecule has 2 N–H and O–H groups in total. The van der Waals surface area contributed by atoms with Crippen molar-refractivity contribution in [2.45, 2.75) is 24.8 Å². The van der Waals surface area contributed by atoms with E-state index in [0.29, 0.717) is 17.9 Å². The predicted octanol–water partition coefficient (Wildman–Crippen LogP) is 4.81. The predicted molar refractivity (Wildman–Crippen MR) is 140 cm³/mol. The second-order valence-electron chi connectivity index (χ2n) is 8.98. The molecule has 186 valence electrons. The van der Waals surface area contributed by atoms with Crippen LogP contribution in [0.3, 0.4) is 0 Å². The van der Waals surface area contributed by atoms with E-state index in [4.69, 9.17) is 15.2 Å². The van der Waals surface area contributed by atoms with Crippen molar-refractivity contribution in [3.05, 3.63) is 138 Å². The molecule has 2 unspecified atom stereocenters. The van der Waals surface area contributed by atoms with Gasteiger partial charge in [0.25, 0.3) is 0 Å². The quantitative estimate of drug-likeness (QED) is 0.268. The first-order chi connectivity index (χ1) is 18.1. The van der Waals surface area contributed by atoms with Gasteiger partial charge in [-0.1, -0.05) is 103 Å². The minimum Gasteiger partial charge on any atom is -0.489 e. The smallest absolute Gasteiger partial charge is 0.334 e. The molecule has 6 nitrogen and oxygen atoms in total. The van der Waals surface area contributed by atoms with Gasteiger partial charge >= 0.3 is 5.97 Å². The highest BCUT2D eigenvalue weighted by atomic mass is 16.5. The van der Waals surface area contributed by atoms with Crippen molar-refractivity contribution in [1.29, 1.82) is 0 Å². The van der Waals surface area contributed by atoms with E-state index in [1.807, 2.05) is 91.0 Å². The number of esters is 1. The molecule has 4 aromatic carbocycles. The molecule has 1 aliphatic rings. The summed E-state index contributed by atoms with van der Waals surface area (Å²) in [5.41, 5.74) is 9.25. The Morgan fingerprint density at radius 2 is 1.32 bits per heavy atom. The van der Waals surface area contributed by atoms with E-state index in [9.17, 15) is 9.59 Å². The van der Waals surface area contributed by atoms with Gasteiger partial charge in [-0.15, -0.1) is 0 Å². The van der Waals surface area contributed by atoms with Crippen LogP contribution in [0, 0.1) is 0 Å². The minimum atomic E-state index is -0.912. The van der Waals surface area contributed by atoms with Crippen LogP contribution in [0.15, 0.2) is 115 Å². The molecule has 0 radical (unpaired) electrons. The number of β-lactam (4-membered cyclic amide) rings is 1. The maximum absolute atomic E-state index is 13.7. The van der Waals surface area contributed by atoms with Crippen molar-refractivity contribution in [2.24, 2.45) is 5.73 Å². The molecule has 1 heterocycles. The molecule has 1 aliphatic heterocycles. The lowest BCUT2D eigenvalue weighted by molar-refractivity contribution is -0.164. The van der Waals surface area contributed by atoms with Gasteiger partial charge in [-0.3, -0.25) is 4.79 Å². The number of nitrogens with two attached hydrogens (primary N) is 1. The average molecular weight is 493 g/mol. The van der Waals surface area contributed by atoms with Crippen molar-refractivity contribution in [3.8, 4) is 5.75 Å². The van der Waals surface area contributed by atoms with Crippen LogP contribution in [0.1, 0.15) is 34.4 Å². The summed E-state index contributed by atoms with van der Waals surface area (Å²) in [6.45, 7) is 0.715. The zero-order chi connectivity index (χ0) is 25.6. The van der Waals surface area contributed by atoms with Crippen LogP contribution in [-0.2, 0) is 20.9 Å². The number of carbonyl (C=O) groups excluding carboxylic acids is 2. The third kappa shape index (κ3) is 5.55. The van der Waals surface area contributed by atoms with Crippen molar-refractivity contribution in [3.63, 3.8) is 0 Å². The van der Waals surface area contributed by atoms with Crippen molar-refractivity contribution < 1.29 is 19.1 Å². The van der Waals surface area contributed by atoms with E-state index >= 15 is 0 Å². The summed E-state index contributed by atoms with van der Waals surface area (Å²) in [5.74, 6) is -0.129. The van der Waals surface area contributed by atoms with Gasteiger partial charge in [0.2, 0.25) is 5.91 Å². The number of nitrogens with zero attached hydrogens (tertiary/aromatic N) is 1. The van der Waals surface area contributed by atoms with Crippen LogP contribution in [-0.4, -0.2) is 29.4 Å². The average Bonchev–Trinajstić information content (AvgIpc) is 2.96. The molecule has 0 bridgehead atoms. The molecule has 37 heavy (non-hydrogen) atoms. The molecule has 1 saturated heterocycles. The summed E-state index contributed by atoms with van der Waals surface area (Å²) < 4.78 is 12.0. The molecule has 1 amide bonds. The Bertz CT molecular complexity index is 1290. The summed E-state index contributed by atoms with van der Waals surface area (Å²) in [6, 6.07) is 34.7. The highest BCUT2D eigenvalue weighted by Crippen LogP contribution is 2.33. The van der Waals surface area contributed by atoms with E-state index in [0.717, 1.165) is 16.7 Å². The number of amides is 1. The fourth-order valence-electron chi connectivity index (χ4n) is 4.41. The lowest BCUT2D eigenvalue weighted by atomic mass is 9.97. The molecule has 0 aliphatic carbocycles. The third-order valence-electron chi connectivity index (χ3n) is 6.41. The Morgan fingerprint density at radius 1 is 0.784 bits per heavy atom. The van der Waals surface area contributed by atoms with E-state index in [1.54, 1.807) is 24.3 Å². The number of hydrogen-bond acceptors (Lipinski definition) is 5. The Labute approximate surface area is 216 Å². The van der Waals surface area contributed by atoms with E-state index in [-0.39, 0.29) is 12.5 Å². The number of hydrogen-bond donors (Lipinski definition) is 1. The number of likely N-dealkylation sites (tertiary alicyclic amines) is 1. The van der Waals surface area contributed by atoms with Gasteiger partial charge in [0.15, 0.2) is 12.1 Å². The third-order valence-corrected chi connectivity index (χ3v) is 6.41. The molecular weight excluding hydrogens is 464 g/mol. The highest BCUT2D eigenvalue weighted by Gasteiger charge is 2.43. The van der Waals surface area contributed by atoms with Crippen molar-refractivity contribution in [1.82, 2.24) is 4.90 Å². The topological polar surface area (TPSA) is 81.9 Å². The molecule has 0 spiro atoms. The van der Waals surface area contributed by atoms with Gasteiger partial charge in [0, 0.05) is 6.54 Å². The van der Waals surface area contributed by atoms with E-state index in [2.05, 4.69) is 0 Å². The molecule has 0 saturated carbocycles. The molecule has 2 atom stereocenters. The van der Waals surface area contributed by atoms with Gasteiger partial charge in [0.05, 0.1) is 0 Å². The monoisotopic (exact) mass is 492 g/mol. The maximum Gasteiger partial charge on any atom is 0.334 e. The molecule has 1 fully saturated rings. The van der Waals surface area contributed by atoms with Crippen molar-refractivity contribution in [2.75, 3.05) is 6.54 Å². The standard InChI is InChI=1S/C31H28N2O4/c32-27-20-33(30(27)34)28(23-16-18-26(19-17-23)36-21-22-10-4-1-5-11-22)31(35)37-29(24-12-6-2-7-13-24)25-14-8-3-9-15-25/h1-19,27-29H,20-21,32H2. The largest absolute Gasteiger partial charge is 0.489 e. The molecule has 0 aromatic heterocycles. The van der Waals surface area contributed by atoms with Gasteiger partial charge in [-0.25, -0.2) is 4.79 Å². The first-order valence-electron chi connectivity index (χ1n) is 12.2. The Morgan fingerprint density at radius 3 is 1.84 bits per heavy atom. The van der Waals surface area contributed by atoms with Crippen LogP contribution >= 0.6 is 0 Å². The molecule has 4 aromatic rings. The Kier molecular flexibility index (Phi) is 7.28. The first-order valence-corrected chi connectivity index (χ1v) is 12.2. The Balaban J connectivity index is 1.39. The van der Waals surface area contributed by atoms with E-state index in [1.165, 1.54) is 4.90 Å². The lowest BCUT2D eigenvalue weighted by Gasteiger charge is -2.41. The fourth-order valence-corrected chi connectivity index (χ4v) is 4.41.